The largest absolute Gasteiger partial charge is 0.480 e. The number of guanidine groups is 1. The lowest BCUT2D eigenvalue weighted by molar-refractivity contribution is -0.138. The van der Waals surface area contributed by atoms with Crippen molar-refractivity contribution in [2.75, 3.05) is 33.7 Å². The molecule has 1 aliphatic rings. The van der Waals surface area contributed by atoms with Crippen molar-refractivity contribution in [3.8, 4) is 0 Å². The average Bonchev–Trinajstić information content (AvgIpc) is 2.81. The van der Waals surface area contributed by atoms with Crippen molar-refractivity contribution in [1.82, 2.24) is 9.80 Å². The Kier molecular flexibility index (Phi) is 5.91. The Morgan fingerprint density at radius 2 is 2.06 bits per heavy atom. The zero-order chi connectivity index (χ0) is 13.5. The molecule has 0 aromatic carbocycles. The van der Waals surface area contributed by atoms with Crippen molar-refractivity contribution < 1.29 is 9.90 Å². The highest BCUT2D eigenvalue weighted by molar-refractivity contribution is 5.79. The number of carboxylic acids is 1. The van der Waals surface area contributed by atoms with Gasteiger partial charge in [0.15, 0.2) is 5.96 Å². The summed E-state index contributed by atoms with van der Waals surface area (Å²) < 4.78 is 0. The molecule has 0 amide bonds. The summed E-state index contributed by atoms with van der Waals surface area (Å²) in [4.78, 5) is 19.4. The van der Waals surface area contributed by atoms with Crippen LogP contribution in [0.4, 0.5) is 0 Å². The van der Waals surface area contributed by atoms with Crippen LogP contribution >= 0.6 is 0 Å². The predicted molar refractivity (Wildman–Crippen MR) is 71.6 cm³/mol. The second-order valence-corrected chi connectivity index (χ2v) is 4.86. The van der Waals surface area contributed by atoms with Gasteiger partial charge in [-0.15, -0.1) is 0 Å². The first kappa shape index (κ1) is 14.8. The van der Waals surface area contributed by atoms with E-state index in [4.69, 9.17) is 10.8 Å². The number of aliphatic carboxylic acids is 1. The Morgan fingerprint density at radius 3 is 2.56 bits per heavy atom. The molecule has 0 aromatic heterocycles. The first-order chi connectivity index (χ1) is 8.52. The van der Waals surface area contributed by atoms with Crippen LogP contribution in [0.15, 0.2) is 4.99 Å². The van der Waals surface area contributed by atoms with E-state index < -0.39 is 12.0 Å². The molecular weight excluding hydrogens is 232 g/mol. The van der Waals surface area contributed by atoms with Crippen LogP contribution in [0.25, 0.3) is 0 Å². The molecule has 1 saturated heterocycles. The van der Waals surface area contributed by atoms with Gasteiger partial charge in [0.1, 0.15) is 6.04 Å². The summed E-state index contributed by atoms with van der Waals surface area (Å²) in [6.07, 6.45) is 3.62. The zero-order valence-electron chi connectivity index (χ0n) is 11.3. The summed E-state index contributed by atoms with van der Waals surface area (Å²) >= 11 is 0. The topological polar surface area (TPSA) is 82.2 Å². The maximum Gasteiger partial charge on any atom is 0.320 e. The van der Waals surface area contributed by atoms with Crippen molar-refractivity contribution in [3.05, 3.63) is 0 Å². The van der Waals surface area contributed by atoms with Gasteiger partial charge in [0.05, 0.1) is 0 Å². The minimum absolute atomic E-state index is 0.472. The number of hydrogen-bond acceptors (Lipinski definition) is 3. The van der Waals surface area contributed by atoms with Gasteiger partial charge in [-0.25, -0.2) is 0 Å². The molecule has 1 fully saturated rings. The lowest BCUT2D eigenvalue weighted by atomic mass is 10.2. The van der Waals surface area contributed by atoms with Crippen LogP contribution in [0.1, 0.15) is 25.7 Å². The van der Waals surface area contributed by atoms with Gasteiger partial charge in [0.2, 0.25) is 0 Å². The molecule has 1 aliphatic heterocycles. The number of hydrogen-bond donors (Lipinski definition) is 2. The SMILES string of the molecule is CN(C)C(=NCCCC(N)C(=O)O)N1CCCC1. The summed E-state index contributed by atoms with van der Waals surface area (Å²) in [5, 5.41) is 8.67. The number of carbonyl (C=O) groups is 1. The highest BCUT2D eigenvalue weighted by atomic mass is 16.4. The summed E-state index contributed by atoms with van der Waals surface area (Å²) in [7, 11) is 3.97. The monoisotopic (exact) mass is 256 g/mol. The van der Waals surface area contributed by atoms with Crippen LogP contribution in [0, 0.1) is 0 Å². The quantitative estimate of drug-likeness (QED) is 0.417. The number of likely N-dealkylation sites (tertiary alicyclic amines) is 1. The van der Waals surface area contributed by atoms with Crippen molar-refractivity contribution in [3.63, 3.8) is 0 Å². The summed E-state index contributed by atoms with van der Waals surface area (Å²) in [6.45, 7) is 2.75. The van der Waals surface area contributed by atoms with Crippen molar-refractivity contribution in [2.24, 2.45) is 10.7 Å². The van der Waals surface area contributed by atoms with E-state index in [-0.39, 0.29) is 0 Å². The fourth-order valence-electron chi connectivity index (χ4n) is 2.06. The summed E-state index contributed by atoms with van der Waals surface area (Å²) in [5.74, 6) is 0.0581. The fraction of sp³-hybridized carbons (Fsp3) is 0.833. The van der Waals surface area contributed by atoms with E-state index in [1.54, 1.807) is 0 Å². The number of aliphatic imine (C=N–C) groups is 1. The van der Waals surface area contributed by atoms with Crippen molar-refractivity contribution >= 4 is 11.9 Å². The molecule has 0 bridgehead atoms. The third-order valence-electron chi connectivity index (χ3n) is 3.03. The van der Waals surface area contributed by atoms with E-state index in [9.17, 15) is 4.79 Å². The third-order valence-corrected chi connectivity index (χ3v) is 3.03. The van der Waals surface area contributed by atoms with Gasteiger partial charge in [-0.2, -0.15) is 0 Å². The van der Waals surface area contributed by atoms with E-state index in [1.165, 1.54) is 12.8 Å². The second-order valence-electron chi connectivity index (χ2n) is 4.86. The fourth-order valence-corrected chi connectivity index (χ4v) is 2.06. The van der Waals surface area contributed by atoms with Gasteiger partial charge in [0.25, 0.3) is 0 Å². The summed E-state index contributed by atoms with van der Waals surface area (Å²) in [6, 6.07) is -0.769. The number of nitrogens with two attached hydrogens (primary N) is 1. The number of nitrogens with zero attached hydrogens (tertiary/aromatic N) is 3. The van der Waals surface area contributed by atoms with Crippen LogP contribution in [-0.2, 0) is 4.79 Å². The lowest BCUT2D eigenvalue weighted by Crippen LogP contribution is -2.39. The first-order valence-electron chi connectivity index (χ1n) is 6.47. The standard InChI is InChI=1S/C12H24N4O2/c1-15(2)12(16-8-3-4-9-16)14-7-5-6-10(13)11(17)18/h10H,3-9,13H2,1-2H3,(H,17,18). The second kappa shape index (κ2) is 7.20. The Balaban J connectivity index is 2.39. The average molecular weight is 256 g/mol. The molecule has 0 aliphatic carbocycles. The van der Waals surface area contributed by atoms with Crippen LogP contribution in [-0.4, -0.2) is 66.6 Å². The Morgan fingerprint density at radius 1 is 1.44 bits per heavy atom. The molecule has 6 nitrogen and oxygen atoms in total. The minimum Gasteiger partial charge on any atom is -0.480 e. The van der Waals surface area contributed by atoms with Crippen molar-refractivity contribution in [1.29, 1.82) is 0 Å². The zero-order valence-corrected chi connectivity index (χ0v) is 11.3. The number of rotatable bonds is 5. The minimum atomic E-state index is -0.939. The van der Waals surface area contributed by atoms with E-state index in [2.05, 4.69) is 9.89 Å². The molecule has 104 valence electrons. The molecule has 3 N–H and O–H groups in total. The van der Waals surface area contributed by atoms with Gasteiger partial charge >= 0.3 is 5.97 Å². The highest BCUT2D eigenvalue weighted by Gasteiger charge is 2.17. The molecule has 6 heteroatoms. The molecule has 1 rings (SSSR count). The summed E-state index contributed by atoms with van der Waals surface area (Å²) in [5.41, 5.74) is 5.45. The van der Waals surface area contributed by atoms with E-state index in [0.717, 1.165) is 19.0 Å². The van der Waals surface area contributed by atoms with Gasteiger partial charge in [-0.1, -0.05) is 0 Å². The van der Waals surface area contributed by atoms with Gasteiger partial charge in [-0.05, 0) is 25.7 Å². The molecule has 1 atom stereocenters. The third kappa shape index (κ3) is 4.52. The van der Waals surface area contributed by atoms with Crippen LogP contribution in [0.2, 0.25) is 0 Å². The molecule has 18 heavy (non-hydrogen) atoms. The molecular formula is C12H24N4O2. The van der Waals surface area contributed by atoms with Crippen LogP contribution in [0.5, 0.6) is 0 Å². The van der Waals surface area contributed by atoms with Crippen LogP contribution in [0.3, 0.4) is 0 Å². The number of carboxylic acid groups (broad SMARTS) is 1. The van der Waals surface area contributed by atoms with Gasteiger partial charge < -0.3 is 20.6 Å². The maximum absolute atomic E-state index is 10.6. The van der Waals surface area contributed by atoms with E-state index in [1.807, 2.05) is 19.0 Å². The Labute approximate surface area is 108 Å². The normalized spacial score (nSPS) is 17.9. The highest BCUT2D eigenvalue weighted by Crippen LogP contribution is 2.09. The Bertz CT molecular complexity index is 298. The van der Waals surface area contributed by atoms with Gasteiger partial charge in [-0.3, -0.25) is 9.79 Å². The molecule has 0 radical (unpaired) electrons. The van der Waals surface area contributed by atoms with Crippen molar-refractivity contribution in [2.45, 2.75) is 31.7 Å². The van der Waals surface area contributed by atoms with Crippen LogP contribution < -0.4 is 5.73 Å². The molecule has 1 heterocycles. The van der Waals surface area contributed by atoms with E-state index >= 15 is 0 Å². The Hall–Kier alpha value is -1.30. The first-order valence-corrected chi connectivity index (χ1v) is 6.47. The van der Waals surface area contributed by atoms with Gasteiger partial charge in [0, 0.05) is 33.7 Å². The molecule has 0 saturated carbocycles. The lowest BCUT2D eigenvalue weighted by Gasteiger charge is -2.25. The smallest absolute Gasteiger partial charge is 0.320 e. The molecule has 0 spiro atoms. The molecule has 0 aromatic rings. The predicted octanol–water partition coefficient (Wildman–Crippen LogP) is 0.192. The van der Waals surface area contributed by atoms with E-state index in [0.29, 0.717) is 19.4 Å². The maximum atomic E-state index is 10.6. The molecule has 1 unspecified atom stereocenters.